The lowest BCUT2D eigenvalue weighted by Crippen LogP contribution is -1.98. The van der Waals surface area contributed by atoms with E-state index in [9.17, 15) is 0 Å². The molecule has 104 valence electrons. The summed E-state index contributed by atoms with van der Waals surface area (Å²) >= 11 is 5.61. The molecule has 0 amide bonds. The summed E-state index contributed by atoms with van der Waals surface area (Å²) in [4.78, 5) is 3.93. The first-order valence-corrected chi connectivity index (χ1v) is 6.98. The normalized spacial score (nSPS) is 9.33. The second-order valence-corrected chi connectivity index (χ2v) is 4.56. The zero-order chi connectivity index (χ0) is 14.9. The second kappa shape index (κ2) is 7.94. The summed E-state index contributed by atoms with van der Waals surface area (Å²) in [6.07, 6.45) is 2.25. The summed E-state index contributed by atoms with van der Waals surface area (Å²) in [6, 6.07) is 13.1. The molecular weight excluding hydrogens is 284 g/mol. The average Bonchev–Trinajstić information content (AvgIpc) is 2.54. The highest BCUT2D eigenvalue weighted by Crippen LogP contribution is 2.18. The fraction of sp³-hybridized carbons (Fsp3) is 0.176. The van der Waals surface area contributed by atoms with E-state index in [-0.39, 0.29) is 0 Å². The number of aromatic nitrogens is 1. The van der Waals surface area contributed by atoms with Gasteiger partial charge in [-0.2, -0.15) is 5.26 Å². The third-order valence-electron chi connectivity index (χ3n) is 2.66. The minimum absolute atomic E-state index is 0.366. The lowest BCUT2D eigenvalue weighted by Gasteiger charge is -2.08. The SMILES string of the molecule is N#Cc1cc(COc2ccccc2C#CCCCl)ccn1. The number of rotatable bonds is 4. The molecule has 0 bridgehead atoms. The van der Waals surface area contributed by atoms with Crippen LogP contribution in [0.25, 0.3) is 0 Å². The molecule has 0 spiro atoms. The molecule has 0 aliphatic heterocycles. The zero-order valence-corrected chi connectivity index (χ0v) is 12.1. The fourth-order valence-electron chi connectivity index (χ4n) is 1.69. The van der Waals surface area contributed by atoms with Gasteiger partial charge in [-0.05, 0) is 29.8 Å². The van der Waals surface area contributed by atoms with Gasteiger partial charge in [-0.25, -0.2) is 4.98 Å². The fourth-order valence-corrected chi connectivity index (χ4v) is 1.78. The van der Waals surface area contributed by atoms with E-state index in [2.05, 4.69) is 16.8 Å². The van der Waals surface area contributed by atoms with E-state index in [1.807, 2.05) is 36.4 Å². The maximum absolute atomic E-state index is 8.83. The van der Waals surface area contributed by atoms with Crippen LogP contribution in [0.1, 0.15) is 23.2 Å². The largest absolute Gasteiger partial charge is 0.488 e. The zero-order valence-electron chi connectivity index (χ0n) is 11.3. The average molecular weight is 297 g/mol. The van der Waals surface area contributed by atoms with Crippen molar-refractivity contribution >= 4 is 11.6 Å². The Bertz CT molecular complexity index is 710. The quantitative estimate of drug-likeness (QED) is 0.640. The summed E-state index contributed by atoms with van der Waals surface area (Å²) in [5, 5.41) is 8.83. The summed E-state index contributed by atoms with van der Waals surface area (Å²) < 4.78 is 5.78. The van der Waals surface area contributed by atoms with Crippen LogP contribution in [0.5, 0.6) is 5.75 Å². The first-order valence-electron chi connectivity index (χ1n) is 6.45. The molecule has 0 aliphatic rings. The number of halogens is 1. The van der Waals surface area contributed by atoms with Crippen molar-refractivity contribution in [2.24, 2.45) is 0 Å². The van der Waals surface area contributed by atoms with Crippen LogP contribution in [0.3, 0.4) is 0 Å². The van der Waals surface area contributed by atoms with Crippen molar-refractivity contribution in [2.45, 2.75) is 13.0 Å². The molecule has 0 radical (unpaired) electrons. The molecule has 4 heteroatoms. The van der Waals surface area contributed by atoms with Crippen LogP contribution in [-0.2, 0) is 6.61 Å². The topological polar surface area (TPSA) is 45.9 Å². The molecule has 0 N–H and O–H groups in total. The molecule has 21 heavy (non-hydrogen) atoms. The van der Waals surface area contributed by atoms with Gasteiger partial charge in [0.1, 0.15) is 24.1 Å². The van der Waals surface area contributed by atoms with Gasteiger partial charge in [0.25, 0.3) is 0 Å². The van der Waals surface area contributed by atoms with Crippen LogP contribution in [0.2, 0.25) is 0 Å². The minimum atomic E-state index is 0.366. The van der Waals surface area contributed by atoms with Gasteiger partial charge in [-0.3, -0.25) is 0 Å². The number of pyridine rings is 1. The van der Waals surface area contributed by atoms with Crippen LogP contribution >= 0.6 is 11.6 Å². The second-order valence-electron chi connectivity index (χ2n) is 4.19. The van der Waals surface area contributed by atoms with E-state index < -0.39 is 0 Å². The Morgan fingerprint density at radius 2 is 2.10 bits per heavy atom. The van der Waals surface area contributed by atoms with Crippen molar-refractivity contribution in [3.63, 3.8) is 0 Å². The van der Waals surface area contributed by atoms with Gasteiger partial charge in [0.05, 0.1) is 5.56 Å². The lowest BCUT2D eigenvalue weighted by molar-refractivity contribution is 0.305. The molecular formula is C17H13ClN2O. The van der Waals surface area contributed by atoms with Crippen molar-refractivity contribution in [2.75, 3.05) is 5.88 Å². The van der Waals surface area contributed by atoms with Gasteiger partial charge < -0.3 is 4.74 Å². The molecule has 0 saturated carbocycles. The Morgan fingerprint density at radius 1 is 1.24 bits per heavy atom. The van der Waals surface area contributed by atoms with E-state index in [4.69, 9.17) is 21.6 Å². The highest BCUT2D eigenvalue weighted by molar-refractivity contribution is 6.18. The minimum Gasteiger partial charge on any atom is -0.488 e. The smallest absolute Gasteiger partial charge is 0.140 e. The lowest BCUT2D eigenvalue weighted by atomic mass is 10.2. The third kappa shape index (κ3) is 4.53. The highest BCUT2D eigenvalue weighted by atomic mass is 35.5. The van der Waals surface area contributed by atoms with Gasteiger partial charge in [0.2, 0.25) is 0 Å². The molecule has 1 aromatic carbocycles. The van der Waals surface area contributed by atoms with E-state index in [1.165, 1.54) is 0 Å². The highest BCUT2D eigenvalue weighted by Gasteiger charge is 2.02. The molecule has 1 aromatic heterocycles. The van der Waals surface area contributed by atoms with Crippen molar-refractivity contribution in [1.29, 1.82) is 5.26 Å². The first kappa shape index (κ1) is 14.9. The molecule has 1 heterocycles. The third-order valence-corrected chi connectivity index (χ3v) is 2.85. The maximum Gasteiger partial charge on any atom is 0.140 e. The van der Waals surface area contributed by atoms with Gasteiger partial charge in [0, 0.05) is 18.5 Å². The molecule has 0 unspecified atom stereocenters. The van der Waals surface area contributed by atoms with Crippen molar-refractivity contribution in [3.8, 4) is 23.7 Å². The molecule has 2 aromatic rings. The molecule has 0 saturated heterocycles. The molecule has 3 nitrogen and oxygen atoms in total. The number of para-hydroxylation sites is 1. The van der Waals surface area contributed by atoms with E-state index in [1.54, 1.807) is 12.3 Å². The number of hydrogen-bond donors (Lipinski definition) is 0. The molecule has 0 fully saturated rings. The van der Waals surface area contributed by atoms with Crippen LogP contribution in [0.4, 0.5) is 0 Å². The number of ether oxygens (including phenoxy) is 1. The van der Waals surface area contributed by atoms with Crippen LogP contribution in [0.15, 0.2) is 42.6 Å². The predicted molar refractivity (Wildman–Crippen MR) is 81.9 cm³/mol. The van der Waals surface area contributed by atoms with Crippen LogP contribution < -0.4 is 4.74 Å². The van der Waals surface area contributed by atoms with E-state index >= 15 is 0 Å². The molecule has 2 rings (SSSR count). The van der Waals surface area contributed by atoms with Gasteiger partial charge in [-0.1, -0.05) is 24.0 Å². The molecule has 0 atom stereocenters. The summed E-state index contributed by atoms with van der Waals surface area (Å²) in [6.45, 7) is 0.366. The number of nitriles is 1. The van der Waals surface area contributed by atoms with Gasteiger partial charge in [-0.15, -0.1) is 11.6 Å². The number of hydrogen-bond acceptors (Lipinski definition) is 3. The summed E-state index contributed by atoms with van der Waals surface area (Å²) in [7, 11) is 0. The van der Waals surface area contributed by atoms with Gasteiger partial charge in [0.15, 0.2) is 0 Å². The standard InChI is InChI=1S/C17H13ClN2O/c18-9-4-3-6-15-5-1-2-7-17(15)21-13-14-8-10-20-16(11-14)12-19/h1-2,5,7-8,10-11H,4,9,13H2. The van der Waals surface area contributed by atoms with E-state index in [0.717, 1.165) is 16.9 Å². The monoisotopic (exact) mass is 296 g/mol. The summed E-state index contributed by atoms with van der Waals surface area (Å²) in [5.41, 5.74) is 2.11. The van der Waals surface area contributed by atoms with Crippen LogP contribution in [0, 0.1) is 23.2 Å². The number of alkyl halides is 1. The Balaban J connectivity index is 2.10. The van der Waals surface area contributed by atoms with Crippen molar-refractivity contribution < 1.29 is 4.74 Å². The first-order chi connectivity index (χ1) is 10.3. The maximum atomic E-state index is 8.83. The van der Waals surface area contributed by atoms with Gasteiger partial charge >= 0.3 is 0 Å². The Labute approximate surface area is 129 Å². The number of nitrogens with zero attached hydrogens (tertiary/aromatic N) is 2. The Kier molecular flexibility index (Phi) is 5.64. The summed E-state index contributed by atoms with van der Waals surface area (Å²) in [5.74, 6) is 7.28. The molecule has 0 aliphatic carbocycles. The van der Waals surface area contributed by atoms with Crippen LogP contribution in [-0.4, -0.2) is 10.9 Å². The predicted octanol–water partition coefficient (Wildman–Crippen LogP) is 3.51. The van der Waals surface area contributed by atoms with E-state index in [0.29, 0.717) is 24.6 Å². The Morgan fingerprint density at radius 3 is 2.90 bits per heavy atom. The van der Waals surface area contributed by atoms with Crippen molar-refractivity contribution in [1.82, 2.24) is 4.98 Å². The number of benzene rings is 1. The van der Waals surface area contributed by atoms with Crippen molar-refractivity contribution in [3.05, 3.63) is 59.4 Å². The Hall–Kier alpha value is -2.49.